The molecular formula is C18H16F3N3O2. The van der Waals surface area contributed by atoms with Crippen LogP contribution in [0.15, 0.2) is 30.3 Å². The largest absolute Gasteiger partial charge is 0.504 e. The van der Waals surface area contributed by atoms with Crippen LogP contribution in [0.3, 0.4) is 0 Å². The number of nitriles is 1. The van der Waals surface area contributed by atoms with Gasteiger partial charge in [-0.05, 0) is 42.7 Å². The molecule has 0 bridgehead atoms. The minimum Gasteiger partial charge on any atom is -0.504 e. The van der Waals surface area contributed by atoms with Crippen LogP contribution < -0.4 is 9.64 Å². The summed E-state index contributed by atoms with van der Waals surface area (Å²) in [6, 6.07) is 8.65. The van der Waals surface area contributed by atoms with Gasteiger partial charge in [-0.25, -0.2) is 4.98 Å². The van der Waals surface area contributed by atoms with Gasteiger partial charge in [0, 0.05) is 12.6 Å². The minimum absolute atomic E-state index is 0.0240. The molecule has 1 aliphatic carbocycles. The van der Waals surface area contributed by atoms with Gasteiger partial charge in [-0.1, -0.05) is 6.07 Å². The zero-order valence-corrected chi connectivity index (χ0v) is 13.9. The lowest BCUT2D eigenvalue weighted by molar-refractivity contribution is -0.141. The Balaban J connectivity index is 2.00. The number of aromatic hydroxyl groups is 1. The number of nitrogens with zero attached hydrogens (tertiary/aromatic N) is 3. The molecule has 1 fully saturated rings. The topological polar surface area (TPSA) is 69.4 Å². The van der Waals surface area contributed by atoms with Crippen molar-refractivity contribution in [3.05, 3.63) is 47.2 Å². The molecule has 1 saturated carbocycles. The second-order valence-electron chi connectivity index (χ2n) is 6.04. The lowest BCUT2D eigenvalue weighted by Crippen LogP contribution is -2.28. The number of phenols is 1. The minimum atomic E-state index is -4.58. The molecular weight excluding hydrogens is 347 g/mol. The van der Waals surface area contributed by atoms with E-state index < -0.39 is 11.9 Å². The summed E-state index contributed by atoms with van der Waals surface area (Å²) < 4.78 is 44.2. The Morgan fingerprint density at radius 1 is 1.31 bits per heavy atom. The van der Waals surface area contributed by atoms with Crippen molar-refractivity contribution in [1.29, 1.82) is 5.26 Å². The predicted molar refractivity (Wildman–Crippen MR) is 87.8 cm³/mol. The number of aromatic nitrogens is 1. The van der Waals surface area contributed by atoms with E-state index in [1.165, 1.54) is 13.2 Å². The molecule has 0 unspecified atom stereocenters. The molecule has 5 nitrogen and oxygen atoms in total. The molecule has 2 aromatic rings. The molecule has 136 valence electrons. The van der Waals surface area contributed by atoms with Crippen LogP contribution in [0.4, 0.5) is 19.0 Å². The number of halogens is 3. The van der Waals surface area contributed by atoms with Gasteiger partial charge >= 0.3 is 6.18 Å². The first-order chi connectivity index (χ1) is 12.3. The van der Waals surface area contributed by atoms with Gasteiger partial charge in [0.25, 0.3) is 0 Å². The van der Waals surface area contributed by atoms with Crippen LogP contribution in [0.2, 0.25) is 0 Å². The Kier molecular flexibility index (Phi) is 4.64. The Hall–Kier alpha value is -2.95. The number of anilines is 1. The molecule has 3 rings (SSSR count). The van der Waals surface area contributed by atoms with Gasteiger partial charge in [-0.2, -0.15) is 18.4 Å². The SMILES string of the molecule is COc1cc(CN(c2nc(C(F)(F)F)ccc2C#N)C2CC2)ccc1O. The zero-order valence-electron chi connectivity index (χ0n) is 13.9. The summed E-state index contributed by atoms with van der Waals surface area (Å²) >= 11 is 0. The Morgan fingerprint density at radius 2 is 2.04 bits per heavy atom. The molecule has 1 aromatic carbocycles. The fraction of sp³-hybridized carbons (Fsp3) is 0.333. The first-order valence-corrected chi connectivity index (χ1v) is 7.94. The maximum atomic E-state index is 13.0. The van der Waals surface area contributed by atoms with Crippen LogP contribution in [-0.4, -0.2) is 23.2 Å². The third-order valence-corrected chi connectivity index (χ3v) is 4.14. The predicted octanol–water partition coefficient (Wildman–Crippen LogP) is 3.86. The molecule has 0 radical (unpaired) electrons. The van der Waals surface area contributed by atoms with E-state index >= 15 is 0 Å². The standard InChI is InChI=1S/C18H16F3N3O2/c1-26-15-8-11(2-6-14(15)25)10-24(13-4-5-13)17-12(9-22)3-7-16(23-17)18(19,20)21/h2-3,6-8,13,25H,4-5,10H2,1H3. The maximum Gasteiger partial charge on any atom is 0.433 e. The fourth-order valence-corrected chi connectivity index (χ4v) is 2.69. The van der Waals surface area contributed by atoms with Gasteiger partial charge in [0.05, 0.1) is 12.7 Å². The zero-order chi connectivity index (χ0) is 18.9. The number of hydrogen-bond acceptors (Lipinski definition) is 5. The van der Waals surface area contributed by atoms with Gasteiger partial charge in [0.15, 0.2) is 11.5 Å². The third-order valence-electron chi connectivity index (χ3n) is 4.14. The highest BCUT2D eigenvalue weighted by Crippen LogP contribution is 2.37. The van der Waals surface area contributed by atoms with E-state index in [-0.39, 0.29) is 35.5 Å². The second kappa shape index (κ2) is 6.75. The van der Waals surface area contributed by atoms with E-state index in [0.717, 1.165) is 30.5 Å². The summed E-state index contributed by atoms with van der Waals surface area (Å²) in [5.74, 6) is 0.275. The molecule has 0 saturated heterocycles. The van der Waals surface area contributed by atoms with Crippen molar-refractivity contribution in [3.8, 4) is 17.6 Å². The second-order valence-corrected chi connectivity index (χ2v) is 6.04. The van der Waals surface area contributed by atoms with Gasteiger partial charge in [-0.15, -0.1) is 0 Å². The van der Waals surface area contributed by atoms with E-state index in [9.17, 15) is 23.5 Å². The summed E-state index contributed by atoms with van der Waals surface area (Å²) in [6.45, 7) is 0.254. The molecule has 26 heavy (non-hydrogen) atoms. The number of phenolic OH excluding ortho intramolecular Hbond substituents is 1. The average molecular weight is 363 g/mol. The lowest BCUT2D eigenvalue weighted by atomic mass is 10.1. The molecule has 0 spiro atoms. The van der Waals surface area contributed by atoms with Gasteiger partial charge in [0.1, 0.15) is 17.6 Å². The molecule has 1 aromatic heterocycles. The number of hydrogen-bond donors (Lipinski definition) is 1. The summed E-state index contributed by atoms with van der Waals surface area (Å²) in [5, 5.41) is 19.0. The quantitative estimate of drug-likeness (QED) is 0.874. The van der Waals surface area contributed by atoms with Crippen LogP contribution in [0.1, 0.15) is 29.7 Å². The van der Waals surface area contributed by atoms with Gasteiger partial charge < -0.3 is 14.7 Å². The van der Waals surface area contributed by atoms with E-state index in [0.29, 0.717) is 0 Å². The molecule has 0 aliphatic heterocycles. The smallest absolute Gasteiger partial charge is 0.433 e. The lowest BCUT2D eigenvalue weighted by Gasteiger charge is -2.25. The van der Waals surface area contributed by atoms with Crippen molar-refractivity contribution in [1.82, 2.24) is 4.98 Å². The van der Waals surface area contributed by atoms with Crippen molar-refractivity contribution in [2.75, 3.05) is 12.0 Å². The van der Waals surface area contributed by atoms with Gasteiger partial charge in [0.2, 0.25) is 0 Å². The van der Waals surface area contributed by atoms with E-state index in [2.05, 4.69) is 4.98 Å². The summed E-state index contributed by atoms with van der Waals surface area (Å²) in [4.78, 5) is 5.44. The maximum absolute atomic E-state index is 13.0. The molecule has 0 amide bonds. The molecule has 1 heterocycles. The number of rotatable bonds is 5. The summed E-state index contributed by atoms with van der Waals surface area (Å²) in [7, 11) is 1.42. The van der Waals surface area contributed by atoms with E-state index in [4.69, 9.17) is 4.74 Å². The van der Waals surface area contributed by atoms with Crippen LogP contribution in [0, 0.1) is 11.3 Å². The third kappa shape index (κ3) is 3.67. The monoisotopic (exact) mass is 363 g/mol. The Morgan fingerprint density at radius 3 is 2.62 bits per heavy atom. The molecule has 0 atom stereocenters. The molecule has 1 N–H and O–H groups in total. The first kappa shape index (κ1) is 17.9. The molecule has 8 heteroatoms. The summed E-state index contributed by atoms with van der Waals surface area (Å²) in [6.07, 6.45) is -2.95. The number of ether oxygens (including phenoxy) is 1. The first-order valence-electron chi connectivity index (χ1n) is 7.94. The van der Waals surface area contributed by atoms with Crippen LogP contribution in [-0.2, 0) is 12.7 Å². The van der Waals surface area contributed by atoms with Crippen molar-refractivity contribution >= 4 is 5.82 Å². The van der Waals surface area contributed by atoms with Crippen molar-refractivity contribution in [3.63, 3.8) is 0 Å². The van der Waals surface area contributed by atoms with E-state index in [1.54, 1.807) is 17.0 Å². The average Bonchev–Trinajstić information content (AvgIpc) is 3.44. The van der Waals surface area contributed by atoms with Crippen molar-refractivity contribution < 1.29 is 23.0 Å². The van der Waals surface area contributed by atoms with Crippen molar-refractivity contribution in [2.45, 2.75) is 31.6 Å². The number of pyridine rings is 1. The Bertz CT molecular complexity index is 858. The highest BCUT2D eigenvalue weighted by Gasteiger charge is 2.36. The summed E-state index contributed by atoms with van der Waals surface area (Å²) in [5.41, 5.74) is -0.203. The van der Waals surface area contributed by atoms with Crippen LogP contribution >= 0.6 is 0 Å². The number of methoxy groups -OCH3 is 1. The van der Waals surface area contributed by atoms with Crippen LogP contribution in [0.5, 0.6) is 11.5 Å². The van der Waals surface area contributed by atoms with E-state index in [1.807, 2.05) is 6.07 Å². The number of benzene rings is 1. The normalized spacial score (nSPS) is 14.0. The highest BCUT2D eigenvalue weighted by atomic mass is 19.4. The van der Waals surface area contributed by atoms with Crippen molar-refractivity contribution in [2.24, 2.45) is 0 Å². The Labute approximate surface area is 148 Å². The van der Waals surface area contributed by atoms with Crippen LogP contribution in [0.25, 0.3) is 0 Å². The van der Waals surface area contributed by atoms with Gasteiger partial charge in [-0.3, -0.25) is 0 Å². The molecule has 1 aliphatic rings. The fourth-order valence-electron chi connectivity index (χ4n) is 2.69. The highest BCUT2D eigenvalue weighted by molar-refractivity contribution is 5.57. The number of alkyl halides is 3.